The van der Waals surface area contributed by atoms with Crippen molar-refractivity contribution in [2.24, 2.45) is 0 Å². The van der Waals surface area contributed by atoms with Crippen LogP contribution in [0, 0.1) is 0 Å². The number of aliphatic carboxylic acids is 2. The van der Waals surface area contributed by atoms with Crippen molar-refractivity contribution in [3.63, 3.8) is 0 Å². The van der Waals surface area contributed by atoms with Crippen molar-refractivity contribution in [3.8, 4) is 0 Å². The lowest BCUT2D eigenvalue weighted by Crippen LogP contribution is -2.29. The van der Waals surface area contributed by atoms with E-state index in [-0.39, 0.29) is 50.3 Å². The van der Waals surface area contributed by atoms with E-state index in [9.17, 15) is 19.2 Å². The van der Waals surface area contributed by atoms with Crippen LogP contribution in [0.15, 0.2) is 0 Å². The Labute approximate surface area is 97.8 Å². The van der Waals surface area contributed by atoms with Gasteiger partial charge in [-0.1, -0.05) is 0 Å². The topological polar surface area (TPSA) is 121 Å². The first-order chi connectivity index (χ1) is 7.91. The first kappa shape index (κ1) is 15.2. The van der Waals surface area contributed by atoms with E-state index in [0.717, 1.165) is 0 Å². The molecule has 0 radical (unpaired) electrons. The number of Topliss-reactive ketones (excluding diaryl/α,β-unsaturated/α-hetero) is 2. The summed E-state index contributed by atoms with van der Waals surface area (Å²) < 4.78 is 0. The molecule has 17 heavy (non-hydrogen) atoms. The summed E-state index contributed by atoms with van der Waals surface area (Å²) in [7, 11) is 0. The van der Waals surface area contributed by atoms with Crippen LogP contribution < -0.4 is 5.32 Å². The van der Waals surface area contributed by atoms with E-state index >= 15 is 0 Å². The summed E-state index contributed by atoms with van der Waals surface area (Å²) in [4.78, 5) is 42.4. The molecule has 0 saturated heterocycles. The highest BCUT2D eigenvalue weighted by atomic mass is 16.4. The predicted molar refractivity (Wildman–Crippen MR) is 56.6 cm³/mol. The number of nitrogens with one attached hydrogen (secondary N) is 1. The van der Waals surface area contributed by atoms with Gasteiger partial charge in [0, 0.05) is 12.8 Å². The van der Waals surface area contributed by atoms with Crippen molar-refractivity contribution in [3.05, 3.63) is 0 Å². The minimum Gasteiger partial charge on any atom is -0.481 e. The lowest BCUT2D eigenvalue weighted by Gasteiger charge is -2.02. The van der Waals surface area contributed by atoms with Crippen LogP contribution in [0.5, 0.6) is 0 Å². The summed E-state index contributed by atoms with van der Waals surface area (Å²) in [5, 5.41) is 19.2. The molecule has 96 valence electrons. The minimum absolute atomic E-state index is 0.0773. The lowest BCUT2D eigenvalue weighted by molar-refractivity contribution is -0.138. The third-order valence-corrected chi connectivity index (χ3v) is 1.88. The third kappa shape index (κ3) is 10.5. The molecule has 0 unspecified atom stereocenters. The zero-order chi connectivity index (χ0) is 13.3. The molecule has 0 aliphatic carbocycles. The fourth-order valence-electron chi connectivity index (χ4n) is 1.01. The number of rotatable bonds is 10. The Balaban J connectivity index is 3.55. The molecule has 7 heteroatoms. The fraction of sp³-hybridized carbons (Fsp3) is 0.600. The molecule has 0 rings (SSSR count). The van der Waals surface area contributed by atoms with Crippen LogP contribution in [-0.4, -0.2) is 46.8 Å². The monoisotopic (exact) mass is 245 g/mol. The van der Waals surface area contributed by atoms with Crippen LogP contribution in [0.25, 0.3) is 0 Å². The van der Waals surface area contributed by atoms with Crippen LogP contribution in [-0.2, 0) is 19.2 Å². The highest BCUT2D eigenvalue weighted by Crippen LogP contribution is 1.91. The lowest BCUT2D eigenvalue weighted by atomic mass is 10.2. The Bertz CT molecular complexity index is 282. The Kier molecular flexibility index (Phi) is 7.53. The van der Waals surface area contributed by atoms with Gasteiger partial charge in [-0.15, -0.1) is 0 Å². The molecule has 0 aromatic rings. The van der Waals surface area contributed by atoms with E-state index in [4.69, 9.17) is 10.2 Å². The van der Waals surface area contributed by atoms with Gasteiger partial charge >= 0.3 is 11.9 Å². The molecule has 0 aliphatic heterocycles. The maximum absolute atomic E-state index is 11.1. The maximum atomic E-state index is 11.1. The SMILES string of the molecule is O=C(O)CCC(=O)CNCC(=O)CCC(=O)O. The van der Waals surface area contributed by atoms with Gasteiger partial charge in [0.25, 0.3) is 0 Å². The molecule has 7 nitrogen and oxygen atoms in total. The number of hydrogen-bond acceptors (Lipinski definition) is 5. The van der Waals surface area contributed by atoms with Gasteiger partial charge < -0.3 is 15.5 Å². The first-order valence-electron chi connectivity index (χ1n) is 5.09. The van der Waals surface area contributed by atoms with E-state index in [2.05, 4.69) is 5.32 Å². The van der Waals surface area contributed by atoms with Gasteiger partial charge in [-0.2, -0.15) is 0 Å². The second-order valence-electron chi connectivity index (χ2n) is 3.47. The second kappa shape index (κ2) is 8.40. The molecule has 0 bridgehead atoms. The van der Waals surface area contributed by atoms with Crippen LogP contribution in [0.4, 0.5) is 0 Å². The quantitative estimate of drug-likeness (QED) is 0.472. The van der Waals surface area contributed by atoms with Crippen molar-refractivity contribution in [1.29, 1.82) is 0 Å². The minimum atomic E-state index is -1.05. The molecular formula is C10H15NO6. The van der Waals surface area contributed by atoms with Crippen LogP contribution in [0.3, 0.4) is 0 Å². The average Bonchev–Trinajstić information content (AvgIpc) is 2.23. The van der Waals surface area contributed by atoms with Gasteiger partial charge in [0.05, 0.1) is 25.9 Å². The normalized spacial score (nSPS) is 9.88. The Morgan fingerprint density at radius 3 is 1.35 bits per heavy atom. The van der Waals surface area contributed by atoms with E-state index in [1.165, 1.54) is 0 Å². The van der Waals surface area contributed by atoms with Crippen molar-refractivity contribution >= 4 is 23.5 Å². The van der Waals surface area contributed by atoms with E-state index < -0.39 is 11.9 Å². The molecule has 0 fully saturated rings. The molecule has 0 aromatic heterocycles. The molecular weight excluding hydrogens is 230 g/mol. The third-order valence-electron chi connectivity index (χ3n) is 1.88. The van der Waals surface area contributed by atoms with Crippen molar-refractivity contribution in [2.45, 2.75) is 25.7 Å². The summed E-state index contributed by atoms with van der Waals surface area (Å²) >= 11 is 0. The Morgan fingerprint density at radius 1 is 0.706 bits per heavy atom. The summed E-state index contributed by atoms with van der Waals surface area (Å²) in [5.41, 5.74) is 0. The van der Waals surface area contributed by atoms with Gasteiger partial charge in [-0.25, -0.2) is 0 Å². The Hall–Kier alpha value is -1.76. The summed E-state index contributed by atoms with van der Waals surface area (Å²) in [6, 6.07) is 0. The molecule has 0 atom stereocenters. The number of carboxylic acids is 2. The molecule has 0 amide bonds. The van der Waals surface area contributed by atoms with E-state index in [0.29, 0.717) is 0 Å². The zero-order valence-electron chi connectivity index (χ0n) is 9.27. The molecule has 0 aliphatic rings. The van der Waals surface area contributed by atoms with Crippen LogP contribution in [0.1, 0.15) is 25.7 Å². The van der Waals surface area contributed by atoms with Gasteiger partial charge in [0.1, 0.15) is 11.6 Å². The van der Waals surface area contributed by atoms with Crippen LogP contribution >= 0.6 is 0 Å². The first-order valence-corrected chi connectivity index (χ1v) is 5.09. The zero-order valence-corrected chi connectivity index (χ0v) is 9.27. The average molecular weight is 245 g/mol. The largest absolute Gasteiger partial charge is 0.481 e. The number of carboxylic acid groups (broad SMARTS) is 2. The number of carbonyl (C=O) groups is 4. The highest BCUT2D eigenvalue weighted by Gasteiger charge is 2.08. The van der Waals surface area contributed by atoms with Crippen molar-refractivity contribution < 1.29 is 29.4 Å². The molecule has 0 heterocycles. The van der Waals surface area contributed by atoms with Gasteiger partial charge in [0.2, 0.25) is 0 Å². The molecule has 0 aromatic carbocycles. The number of ketones is 2. The summed E-state index contributed by atoms with van der Waals surface area (Å²) in [5.74, 6) is -2.68. The molecule has 0 spiro atoms. The number of carbonyl (C=O) groups excluding carboxylic acids is 2. The van der Waals surface area contributed by atoms with Gasteiger partial charge in [0.15, 0.2) is 0 Å². The van der Waals surface area contributed by atoms with Crippen molar-refractivity contribution in [2.75, 3.05) is 13.1 Å². The standard InChI is InChI=1S/C10H15NO6/c12-7(1-3-9(14)15)5-11-6-8(13)2-4-10(16)17/h11H,1-6H2,(H,14,15)(H,16,17). The van der Waals surface area contributed by atoms with Gasteiger partial charge in [-0.3, -0.25) is 19.2 Å². The Morgan fingerprint density at radius 2 is 1.06 bits per heavy atom. The molecule has 3 N–H and O–H groups in total. The summed E-state index contributed by atoms with van der Waals surface area (Å²) in [6.45, 7) is -0.155. The number of hydrogen-bond donors (Lipinski definition) is 3. The van der Waals surface area contributed by atoms with E-state index in [1.54, 1.807) is 0 Å². The van der Waals surface area contributed by atoms with Crippen LogP contribution in [0.2, 0.25) is 0 Å². The van der Waals surface area contributed by atoms with Gasteiger partial charge in [-0.05, 0) is 0 Å². The second-order valence-corrected chi connectivity index (χ2v) is 3.47. The predicted octanol–water partition coefficient (Wildman–Crippen LogP) is -0.556. The van der Waals surface area contributed by atoms with E-state index in [1.807, 2.05) is 0 Å². The fourth-order valence-corrected chi connectivity index (χ4v) is 1.01. The smallest absolute Gasteiger partial charge is 0.303 e. The molecule has 0 saturated carbocycles. The summed E-state index contributed by atoms with van der Waals surface area (Å²) in [6.07, 6.45) is -0.613. The van der Waals surface area contributed by atoms with Crippen molar-refractivity contribution in [1.82, 2.24) is 5.32 Å². The highest BCUT2D eigenvalue weighted by molar-refractivity contribution is 5.86. The maximum Gasteiger partial charge on any atom is 0.303 e.